The van der Waals surface area contributed by atoms with E-state index in [-0.39, 0.29) is 12.1 Å². The third-order valence-corrected chi connectivity index (χ3v) is 6.04. The lowest BCUT2D eigenvalue weighted by atomic mass is 9.92. The van der Waals surface area contributed by atoms with Crippen molar-refractivity contribution in [1.82, 2.24) is 9.88 Å². The zero-order valence-corrected chi connectivity index (χ0v) is 17.8. The van der Waals surface area contributed by atoms with Crippen LogP contribution in [0.3, 0.4) is 0 Å². The van der Waals surface area contributed by atoms with Gasteiger partial charge in [0.05, 0.1) is 13.2 Å². The van der Waals surface area contributed by atoms with Crippen LogP contribution in [0.5, 0.6) is 5.75 Å². The number of benzene rings is 3. The average molecular weight is 432 g/mol. The Balaban J connectivity index is 1.59. The normalized spacial score (nSPS) is 15.5. The highest BCUT2D eigenvalue weighted by Crippen LogP contribution is 2.39. The van der Waals surface area contributed by atoms with Crippen LogP contribution in [0, 0.1) is 0 Å². The van der Waals surface area contributed by atoms with E-state index in [0.29, 0.717) is 11.6 Å². The van der Waals surface area contributed by atoms with Gasteiger partial charge < -0.3 is 19.9 Å². The summed E-state index contributed by atoms with van der Waals surface area (Å²) in [7, 11) is 1.65. The van der Waals surface area contributed by atoms with Crippen LogP contribution < -0.4 is 10.1 Å². The number of nitrogens with one attached hydrogen (secondary N) is 2. The van der Waals surface area contributed by atoms with Crippen LogP contribution in [-0.2, 0) is 6.42 Å². The van der Waals surface area contributed by atoms with Gasteiger partial charge in [-0.3, -0.25) is 0 Å². The quantitative estimate of drug-likeness (QED) is 0.417. The van der Waals surface area contributed by atoms with Crippen LogP contribution in [0.4, 0.5) is 10.5 Å². The minimum atomic E-state index is -0.246. The van der Waals surface area contributed by atoms with E-state index < -0.39 is 0 Å². The first-order valence-corrected chi connectivity index (χ1v) is 10.6. The second-order valence-electron chi connectivity index (χ2n) is 7.62. The molecule has 0 spiro atoms. The van der Waals surface area contributed by atoms with Gasteiger partial charge in [-0.2, -0.15) is 0 Å². The van der Waals surface area contributed by atoms with Crippen LogP contribution in [0.1, 0.15) is 22.9 Å². The summed E-state index contributed by atoms with van der Waals surface area (Å²) in [6, 6.07) is 22.9. The molecule has 3 aromatic carbocycles. The summed E-state index contributed by atoms with van der Waals surface area (Å²) in [5.41, 5.74) is 5.05. The lowest BCUT2D eigenvalue weighted by Crippen LogP contribution is -2.43. The number of anilines is 1. The number of nitrogens with zero attached hydrogens (tertiary/aromatic N) is 1. The van der Waals surface area contributed by atoms with Crippen molar-refractivity contribution in [1.29, 1.82) is 0 Å². The zero-order valence-electron chi connectivity index (χ0n) is 17.1. The van der Waals surface area contributed by atoms with E-state index in [9.17, 15) is 4.79 Å². The molecule has 1 aliphatic rings. The molecule has 1 unspecified atom stereocenters. The molecule has 0 radical (unpaired) electrons. The standard InChI is InChI=1S/C25H22ClN3O2/c1-31-19-10-7-16(8-11-19)24-23-20(21-15-17(26)9-12-22(21)28-23)13-14-29(24)25(30)27-18-5-3-2-4-6-18/h2-12,15,24,28H,13-14H2,1H3,(H,27,30). The third kappa shape index (κ3) is 3.62. The number of rotatable bonds is 3. The topological polar surface area (TPSA) is 57.4 Å². The molecule has 1 aromatic heterocycles. The predicted molar refractivity (Wildman–Crippen MR) is 124 cm³/mol. The van der Waals surface area contributed by atoms with E-state index in [1.807, 2.05) is 77.7 Å². The molecule has 2 heterocycles. The summed E-state index contributed by atoms with van der Waals surface area (Å²) >= 11 is 6.27. The maximum absolute atomic E-state index is 13.3. The molecule has 4 aromatic rings. The summed E-state index contributed by atoms with van der Waals surface area (Å²) in [5, 5.41) is 4.86. The number of carbonyl (C=O) groups is 1. The van der Waals surface area contributed by atoms with Gasteiger partial charge in [0, 0.05) is 33.9 Å². The van der Waals surface area contributed by atoms with Crippen LogP contribution in [0.15, 0.2) is 72.8 Å². The molecule has 1 aliphatic heterocycles. The number of hydrogen-bond acceptors (Lipinski definition) is 2. The van der Waals surface area contributed by atoms with Crippen molar-refractivity contribution in [3.05, 3.63) is 94.6 Å². The van der Waals surface area contributed by atoms with Crippen molar-refractivity contribution in [2.45, 2.75) is 12.5 Å². The highest BCUT2D eigenvalue weighted by Gasteiger charge is 2.34. The fourth-order valence-electron chi connectivity index (χ4n) is 4.33. The molecule has 0 saturated carbocycles. The number of fused-ring (bicyclic) bond motifs is 3. The van der Waals surface area contributed by atoms with Crippen LogP contribution in [0.2, 0.25) is 5.02 Å². The molecule has 1 atom stereocenters. The smallest absolute Gasteiger partial charge is 0.322 e. The first-order chi connectivity index (χ1) is 15.1. The summed E-state index contributed by atoms with van der Waals surface area (Å²) in [4.78, 5) is 18.7. The molecule has 31 heavy (non-hydrogen) atoms. The van der Waals surface area contributed by atoms with Gasteiger partial charge in [-0.15, -0.1) is 0 Å². The van der Waals surface area contributed by atoms with Crippen molar-refractivity contribution >= 4 is 34.2 Å². The number of carbonyl (C=O) groups excluding carboxylic acids is 1. The second kappa shape index (κ2) is 8.00. The van der Waals surface area contributed by atoms with E-state index in [1.165, 1.54) is 5.56 Å². The minimum absolute atomic E-state index is 0.130. The van der Waals surface area contributed by atoms with Gasteiger partial charge in [0.2, 0.25) is 0 Å². The molecular weight excluding hydrogens is 410 g/mol. The summed E-state index contributed by atoms with van der Waals surface area (Å²) in [5.74, 6) is 0.781. The minimum Gasteiger partial charge on any atom is -0.497 e. The number of methoxy groups -OCH3 is 1. The fraction of sp³-hybridized carbons (Fsp3) is 0.160. The fourth-order valence-corrected chi connectivity index (χ4v) is 4.50. The number of para-hydroxylation sites is 1. The Kier molecular flexibility index (Phi) is 5.04. The third-order valence-electron chi connectivity index (χ3n) is 5.81. The maximum Gasteiger partial charge on any atom is 0.322 e. The van der Waals surface area contributed by atoms with Crippen molar-refractivity contribution < 1.29 is 9.53 Å². The largest absolute Gasteiger partial charge is 0.497 e. The van der Waals surface area contributed by atoms with E-state index in [0.717, 1.165) is 40.0 Å². The summed E-state index contributed by atoms with van der Waals surface area (Å²) < 4.78 is 5.33. The number of ether oxygens (including phenoxy) is 1. The van der Waals surface area contributed by atoms with E-state index in [2.05, 4.69) is 10.3 Å². The first kappa shape index (κ1) is 19.5. The number of hydrogen-bond donors (Lipinski definition) is 2. The van der Waals surface area contributed by atoms with E-state index >= 15 is 0 Å². The van der Waals surface area contributed by atoms with Crippen molar-refractivity contribution in [2.24, 2.45) is 0 Å². The Labute approximate surface area is 185 Å². The number of urea groups is 1. The van der Waals surface area contributed by atoms with Gasteiger partial charge in [-0.25, -0.2) is 4.79 Å². The zero-order chi connectivity index (χ0) is 21.4. The molecular formula is C25H22ClN3O2. The van der Waals surface area contributed by atoms with E-state index in [4.69, 9.17) is 16.3 Å². The Bertz CT molecular complexity index is 1240. The number of halogens is 1. The Morgan fingerprint density at radius 1 is 1.10 bits per heavy atom. The summed E-state index contributed by atoms with van der Waals surface area (Å²) in [6.45, 7) is 0.599. The molecule has 0 bridgehead atoms. The molecule has 0 fully saturated rings. The monoisotopic (exact) mass is 431 g/mol. The molecule has 2 N–H and O–H groups in total. The molecule has 0 saturated heterocycles. The molecule has 156 valence electrons. The number of amides is 2. The lowest BCUT2D eigenvalue weighted by Gasteiger charge is -2.36. The number of H-pyrrole nitrogens is 1. The van der Waals surface area contributed by atoms with Gasteiger partial charge >= 0.3 is 6.03 Å². The molecule has 6 heteroatoms. The van der Waals surface area contributed by atoms with Gasteiger partial charge in [-0.05, 0) is 60.0 Å². The molecule has 5 rings (SSSR count). The summed E-state index contributed by atoms with van der Waals surface area (Å²) in [6.07, 6.45) is 0.755. The van der Waals surface area contributed by atoms with E-state index in [1.54, 1.807) is 7.11 Å². The number of aromatic nitrogens is 1. The Hall–Kier alpha value is -3.44. The number of aromatic amines is 1. The van der Waals surface area contributed by atoms with Crippen molar-refractivity contribution in [3.63, 3.8) is 0 Å². The van der Waals surface area contributed by atoms with Gasteiger partial charge in [0.15, 0.2) is 0 Å². The van der Waals surface area contributed by atoms with Crippen LogP contribution >= 0.6 is 11.6 Å². The molecule has 2 amide bonds. The lowest BCUT2D eigenvalue weighted by molar-refractivity contribution is 0.193. The van der Waals surface area contributed by atoms with Crippen LogP contribution in [0.25, 0.3) is 10.9 Å². The predicted octanol–water partition coefficient (Wildman–Crippen LogP) is 6.01. The molecule has 5 nitrogen and oxygen atoms in total. The molecule has 0 aliphatic carbocycles. The van der Waals surface area contributed by atoms with Crippen molar-refractivity contribution in [2.75, 3.05) is 19.0 Å². The van der Waals surface area contributed by atoms with Crippen molar-refractivity contribution in [3.8, 4) is 5.75 Å². The Morgan fingerprint density at radius 2 is 1.87 bits per heavy atom. The Morgan fingerprint density at radius 3 is 2.61 bits per heavy atom. The maximum atomic E-state index is 13.3. The highest BCUT2D eigenvalue weighted by atomic mass is 35.5. The SMILES string of the molecule is COc1ccc(C2c3[nH]c4ccc(Cl)cc4c3CCN2C(=O)Nc2ccccc2)cc1. The van der Waals surface area contributed by atoms with Crippen LogP contribution in [-0.4, -0.2) is 29.6 Å². The van der Waals surface area contributed by atoms with Gasteiger partial charge in [0.1, 0.15) is 5.75 Å². The second-order valence-corrected chi connectivity index (χ2v) is 8.06. The first-order valence-electron chi connectivity index (χ1n) is 10.2. The average Bonchev–Trinajstić information content (AvgIpc) is 3.17. The van der Waals surface area contributed by atoms with Gasteiger partial charge in [-0.1, -0.05) is 41.9 Å². The highest BCUT2D eigenvalue weighted by molar-refractivity contribution is 6.31. The van der Waals surface area contributed by atoms with Gasteiger partial charge in [0.25, 0.3) is 0 Å².